The fourth-order valence-corrected chi connectivity index (χ4v) is 3.40. The van der Waals surface area contributed by atoms with Gasteiger partial charge in [-0.2, -0.15) is 0 Å². The third-order valence-corrected chi connectivity index (χ3v) is 4.98. The van der Waals surface area contributed by atoms with Gasteiger partial charge in [-0.3, -0.25) is 4.99 Å². The summed E-state index contributed by atoms with van der Waals surface area (Å²) in [5.74, 6) is 1.47. The number of aromatic nitrogens is 1. The number of aryl methyl sites for hydroxylation is 1. The van der Waals surface area contributed by atoms with Crippen molar-refractivity contribution in [1.82, 2.24) is 20.5 Å². The maximum Gasteiger partial charge on any atom is 0.226 e. The minimum atomic E-state index is 0.477. The van der Waals surface area contributed by atoms with Crippen molar-refractivity contribution in [3.8, 4) is 11.5 Å². The second-order valence-electron chi connectivity index (χ2n) is 7.20. The molecule has 1 saturated heterocycles. The largest absolute Gasteiger partial charge is 0.444 e. The highest BCUT2D eigenvalue weighted by Gasteiger charge is 2.19. The van der Waals surface area contributed by atoms with Crippen LogP contribution in [0.25, 0.3) is 11.5 Å². The number of rotatable bonds is 6. The molecule has 6 heteroatoms. The number of piperidine rings is 1. The fourth-order valence-electron chi connectivity index (χ4n) is 3.40. The van der Waals surface area contributed by atoms with Crippen LogP contribution in [0.2, 0.25) is 0 Å². The first-order valence-corrected chi connectivity index (χ1v) is 9.89. The fraction of sp³-hybridized carbons (Fsp3) is 0.524. The lowest BCUT2D eigenvalue weighted by molar-refractivity contribution is 0.206. The van der Waals surface area contributed by atoms with Gasteiger partial charge in [0.2, 0.25) is 5.89 Å². The zero-order valence-corrected chi connectivity index (χ0v) is 16.7. The molecule has 0 saturated carbocycles. The number of guanidine groups is 1. The highest BCUT2D eigenvalue weighted by atomic mass is 16.3. The number of nitrogens with one attached hydrogen (secondary N) is 2. The molecule has 1 aliphatic rings. The molecule has 0 unspecified atom stereocenters. The van der Waals surface area contributed by atoms with Crippen molar-refractivity contribution in [1.29, 1.82) is 0 Å². The minimum absolute atomic E-state index is 0.477. The van der Waals surface area contributed by atoms with Gasteiger partial charge < -0.3 is 20.0 Å². The quantitative estimate of drug-likeness (QED) is 0.605. The second kappa shape index (κ2) is 9.55. The monoisotopic (exact) mass is 369 g/mol. The zero-order chi connectivity index (χ0) is 19.1. The first kappa shape index (κ1) is 19.4. The summed E-state index contributed by atoms with van der Waals surface area (Å²) in [5, 5.41) is 6.88. The lowest BCUT2D eigenvalue weighted by Crippen LogP contribution is -2.48. The van der Waals surface area contributed by atoms with Crippen LogP contribution in [0.4, 0.5) is 0 Å². The van der Waals surface area contributed by atoms with E-state index in [9.17, 15) is 0 Å². The average Bonchev–Trinajstić information content (AvgIpc) is 3.16. The van der Waals surface area contributed by atoms with Gasteiger partial charge in [0.15, 0.2) is 5.96 Å². The summed E-state index contributed by atoms with van der Waals surface area (Å²) in [6.45, 7) is 8.42. The number of likely N-dealkylation sites (tertiary alicyclic amines) is 1. The predicted octanol–water partition coefficient (Wildman–Crippen LogP) is 3.19. The molecule has 1 fully saturated rings. The van der Waals surface area contributed by atoms with E-state index in [1.54, 1.807) is 6.26 Å². The Morgan fingerprint density at radius 2 is 2.00 bits per heavy atom. The standard InChI is InChI=1S/C21H31N5O/c1-4-11-26-12-9-18(10-13-26)25-21(22-3)23-14-19-15-27-20(24-19)17-7-5-16(2)6-8-17/h5-8,15,18H,4,9-14H2,1-3H3,(H2,22,23,25). The Kier molecular flexibility index (Phi) is 6.87. The summed E-state index contributed by atoms with van der Waals surface area (Å²) in [6, 6.07) is 8.67. The van der Waals surface area contributed by atoms with E-state index in [0.29, 0.717) is 18.5 Å². The Bertz CT molecular complexity index is 729. The molecule has 2 aromatic rings. The number of aliphatic imine (C=N–C) groups is 1. The van der Waals surface area contributed by atoms with Gasteiger partial charge in [0.05, 0.1) is 12.2 Å². The minimum Gasteiger partial charge on any atom is -0.444 e. The lowest BCUT2D eigenvalue weighted by atomic mass is 10.1. The Hall–Kier alpha value is -2.34. The maximum atomic E-state index is 5.62. The molecular weight excluding hydrogens is 338 g/mol. The number of benzene rings is 1. The highest BCUT2D eigenvalue weighted by molar-refractivity contribution is 5.79. The van der Waals surface area contributed by atoms with Gasteiger partial charge in [-0.05, 0) is 44.9 Å². The third-order valence-electron chi connectivity index (χ3n) is 4.98. The molecular formula is C21H31N5O. The summed E-state index contributed by atoms with van der Waals surface area (Å²) in [6.07, 6.45) is 5.24. The van der Waals surface area contributed by atoms with Crippen LogP contribution in [0.3, 0.4) is 0 Å². The van der Waals surface area contributed by atoms with Crippen LogP contribution in [-0.2, 0) is 6.54 Å². The second-order valence-corrected chi connectivity index (χ2v) is 7.20. The summed E-state index contributed by atoms with van der Waals surface area (Å²) < 4.78 is 5.62. The van der Waals surface area contributed by atoms with E-state index in [0.717, 1.165) is 43.1 Å². The summed E-state index contributed by atoms with van der Waals surface area (Å²) in [7, 11) is 1.81. The number of hydrogen-bond acceptors (Lipinski definition) is 4. The normalized spacial score (nSPS) is 16.5. The Morgan fingerprint density at radius 1 is 1.26 bits per heavy atom. The molecule has 1 aromatic carbocycles. The van der Waals surface area contributed by atoms with E-state index in [1.807, 2.05) is 19.2 Å². The molecule has 0 spiro atoms. The Labute approximate surface area is 162 Å². The number of hydrogen-bond donors (Lipinski definition) is 2. The summed E-state index contributed by atoms with van der Waals surface area (Å²) in [5.41, 5.74) is 3.09. The van der Waals surface area contributed by atoms with E-state index < -0.39 is 0 Å². The summed E-state index contributed by atoms with van der Waals surface area (Å²) in [4.78, 5) is 11.5. The topological polar surface area (TPSA) is 65.7 Å². The van der Waals surface area contributed by atoms with Gasteiger partial charge >= 0.3 is 0 Å². The molecule has 146 valence electrons. The number of nitrogens with zero attached hydrogens (tertiary/aromatic N) is 3. The van der Waals surface area contributed by atoms with Gasteiger partial charge in [-0.15, -0.1) is 0 Å². The average molecular weight is 370 g/mol. The molecule has 3 rings (SSSR count). The van der Waals surface area contributed by atoms with Crippen molar-refractivity contribution in [3.05, 3.63) is 41.8 Å². The van der Waals surface area contributed by atoms with Crippen LogP contribution in [0.15, 0.2) is 39.9 Å². The van der Waals surface area contributed by atoms with Crippen LogP contribution in [0.1, 0.15) is 37.4 Å². The van der Waals surface area contributed by atoms with Gasteiger partial charge in [0.1, 0.15) is 6.26 Å². The maximum absolute atomic E-state index is 5.62. The van der Waals surface area contributed by atoms with Crippen LogP contribution in [-0.4, -0.2) is 48.6 Å². The molecule has 2 N–H and O–H groups in total. The SMILES string of the molecule is CCCN1CCC(NC(=NC)NCc2coc(-c3ccc(C)cc3)n2)CC1. The number of oxazole rings is 1. The van der Waals surface area contributed by atoms with E-state index in [-0.39, 0.29) is 0 Å². The highest BCUT2D eigenvalue weighted by Crippen LogP contribution is 2.19. The third kappa shape index (κ3) is 5.57. The Balaban J connectivity index is 1.48. The van der Waals surface area contributed by atoms with Gasteiger partial charge in [0.25, 0.3) is 0 Å². The van der Waals surface area contributed by atoms with E-state index >= 15 is 0 Å². The first-order chi connectivity index (χ1) is 13.2. The van der Waals surface area contributed by atoms with Crippen molar-refractivity contribution < 1.29 is 4.42 Å². The first-order valence-electron chi connectivity index (χ1n) is 9.89. The van der Waals surface area contributed by atoms with Gasteiger partial charge in [0, 0.05) is 31.7 Å². The molecule has 27 heavy (non-hydrogen) atoms. The van der Waals surface area contributed by atoms with Crippen LogP contribution < -0.4 is 10.6 Å². The molecule has 6 nitrogen and oxygen atoms in total. The molecule has 2 heterocycles. The molecule has 0 atom stereocenters. The smallest absolute Gasteiger partial charge is 0.226 e. The summed E-state index contributed by atoms with van der Waals surface area (Å²) >= 11 is 0. The van der Waals surface area contributed by atoms with Crippen LogP contribution in [0, 0.1) is 6.92 Å². The van der Waals surface area contributed by atoms with Crippen molar-refractivity contribution in [2.75, 3.05) is 26.7 Å². The molecule has 0 amide bonds. The van der Waals surface area contributed by atoms with Crippen molar-refractivity contribution in [2.45, 2.75) is 45.7 Å². The zero-order valence-electron chi connectivity index (χ0n) is 16.7. The molecule has 0 bridgehead atoms. The van der Waals surface area contributed by atoms with Crippen molar-refractivity contribution in [3.63, 3.8) is 0 Å². The molecule has 1 aromatic heterocycles. The van der Waals surface area contributed by atoms with Gasteiger partial charge in [-0.25, -0.2) is 4.98 Å². The van der Waals surface area contributed by atoms with E-state index in [1.165, 1.54) is 18.5 Å². The molecule has 0 aliphatic carbocycles. The van der Waals surface area contributed by atoms with Crippen LogP contribution in [0.5, 0.6) is 0 Å². The predicted molar refractivity (Wildman–Crippen MR) is 110 cm³/mol. The van der Waals surface area contributed by atoms with E-state index in [4.69, 9.17) is 4.42 Å². The van der Waals surface area contributed by atoms with Crippen molar-refractivity contribution in [2.24, 2.45) is 4.99 Å². The Morgan fingerprint density at radius 3 is 2.67 bits per heavy atom. The molecule has 0 radical (unpaired) electrons. The molecule has 1 aliphatic heterocycles. The van der Waals surface area contributed by atoms with Crippen LogP contribution >= 0.6 is 0 Å². The lowest BCUT2D eigenvalue weighted by Gasteiger charge is -2.32. The van der Waals surface area contributed by atoms with Crippen molar-refractivity contribution >= 4 is 5.96 Å². The van der Waals surface area contributed by atoms with Gasteiger partial charge in [-0.1, -0.05) is 24.6 Å². The van der Waals surface area contributed by atoms with E-state index in [2.05, 4.69) is 51.5 Å².